The van der Waals surface area contributed by atoms with E-state index in [0.717, 1.165) is 19.6 Å². The van der Waals surface area contributed by atoms with Crippen LogP contribution in [-0.4, -0.2) is 29.7 Å². The first-order valence-electron chi connectivity index (χ1n) is 6.47. The number of hydrogen-bond acceptors (Lipinski definition) is 2. The van der Waals surface area contributed by atoms with E-state index in [-0.39, 0.29) is 0 Å². The minimum atomic E-state index is 0.344. The van der Waals surface area contributed by atoms with Gasteiger partial charge in [-0.15, -0.1) is 0 Å². The van der Waals surface area contributed by atoms with Gasteiger partial charge < -0.3 is 5.11 Å². The van der Waals surface area contributed by atoms with Gasteiger partial charge in [-0.25, -0.2) is 0 Å². The largest absolute Gasteiger partial charge is 0.396 e. The Hall–Kier alpha value is -0.860. The second-order valence-electron chi connectivity index (χ2n) is 6.20. The van der Waals surface area contributed by atoms with Gasteiger partial charge in [0, 0.05) is 26.2 Å². The highest BCUT2D eigenvalue weighted by molar-refractivity contribution is 5.24. The first-order chi connectivity index (χ1) is 8.10. The van der Waals surface area contributed by atoms with Gasteiger partial charge >= 0.3 is 0 Å². The van der Waals surface area contributed by atoms with Crippen LogP contribution in [0.15, 0.2) is 30.3 Å². The summed E-state index contributed by atoms with van der Waals surface area (Å²) < 4.78 is 0. The molecule has 0 bridgehead atoms. The fraction of sp³-hybridized carbons (Fsp3) is 0.600. The molecule has 0 radical (unpaired) electrons. The highest BCUT2D eigenvalue weighted by Gasteiger charge is 2.73. The van der Waals surface area contributed by atoms with Gasteiger partial charge in [-0.3, -0.25) is 4.90 Å². The average molecular weight is 231 g/mol. The number of hydrogen-bond donors (Lipinski definition) is 1. The maximum atomic E-state index is 9.40. The second-order valence-corrected chi connectivity index (χ2v) is 6.20. The summed E-state index contributed by atoms with van der Waals surface area (Å²) in [5.41, 5.74) is 2.08. The van der Waals surface area contributed by atoms with E-state index in [2.05, 4.69) is 49.1 Å². The van der Waals surface area contributed by atoms with E-state index in [1.807, 2.05) is 0 Å². The summed E-state index contributed by atoms with van der Waals surface area (Å²) in [6.07, 6.45) is 0. The first-order valence-corrected chi connectivity index (χ1v) is 6.47. The number of nitrogens with zero attached hydrogens (tertiary/aromatic N) is 1. The molecule has 1 heterocycles. The Bertz CT molecular complexity index is 400. The SMILES string of the molecule is C[C@@]12CN(Cc3ccccc3)C[C@]1(C)C2CO. The van der Waals surface area contributed by atoms with Gasteiger partial charge in [-0.05, 0) is 22.3 Å². The zero-order valence-corrected chi connectivity index (χ0v) is 10.7. The minimum absolute atomic E-state index is 0.344. The van der Waals surface area contributed by atoms with Crippen LogP contribution in [0.3, 0.4) is 0 Å². The lowest BCUT2D eigenvalue weighted by molar-refractivity contribution is 0.185. The number of piperidine rings is 1. The van der Waals surface area contributed by atoms with Crippen molar-refractivity contribution in [3.8, 4) is 0 Å². The molecule has 2 nitrogen and oxygen atoms in total. The van der Waals surface area contributed by atoms with E-state index in [1.54, 1.807) is 0 Å². The monoisotopic (exact) mass is 231 g/mol. The van der Waals surface area contributed by atoms with Crippen LogP contribution in [0.5, 0.6) is 0 Å². The molecular formula is C15H21NO. The zero-order valence-electron chi connectivity index (χ0n) is 10.7. The third-order valence-corrected chi connectivity index (χ3v) is 5.30. The van der Waals surface area contributed by atoms with Crippen LogP contribution in [0, 0.1) is 16.7 Å². The summed E-state index contributed by atoms with van der Waals surface area (Å²) in [5, 5.41) is 9.40. The lowest BCUT2D eigenvalue weighted by atomic mass is 10.0. The summed E-state index contributed by atoms with van der Waals surface area (Å²) in [6.45, 7) is 8.32. The third kappa shape index (κ3) is 1.47. The molecule has 1 aliphatic heterocycles. The third-order valence-electron chi connectivity index (χ3n) is 5.30. The normalized spacial score (nSPS) is 40.3. The Morgan fingerprint density at radius 3 is 2.29 bits per heavy atom. The van der Waals surface area contributed by atoms with E-state index >= 15 is 0 Å². The number of rotatable bonds is 3. The Morgan fingerprint density at radius 1 is 1.18 bits per heavy atom. The van der Waals surface area contributed by atoms with Gasteiger partial charge in [0.2, 0.25) is 0 Å². The molecule has 0 aromatic heterocycles. The van der Waals surface area contributed by atoms with Crippen LogP contribution in [0.4, 0.5) is 0 Å². The number of benzene rings is 1. The molecule has 0 amide bonds. The maximum absolute atomic E-state index is 9.40. The molecule has 2 heteroatoms. The molecule has 92 valence electrons. The van der Waals surface area contributed by atoms with E-state index < -0.39 is 0 Å². The number of aliphatic hydroxyl groups is 1. The van der Waals surface area contributed by atoms with Gasteiger partial charge in [0.25, 0.3) is 0 Å². The van der Waals surface area contributed by atoms with Crippen molar-refractivity contribution in [3.05, 3.63) is 35.9 Å². The minimum Gasteiger partial charge on any atom is -0.396 e. The predicted octanol–water partition coefficient (Wildman–Crippen LogP) is 2.14. The molecule has 17 heavy (non-hydrogen) atoms. The lowest BCUT2D eigenvalue weighted by Gasteiger charge is -2.22. The number of aliphatic hydroxyl groups excluding tert-OH is 1. The van der Waals surface area contributed by atoms with Crippen molar-refractivity contribution in [3.63, 3.8) is 0 Å². The Kier molecular flexibility index (Phi) is 2.36. The molecule has 2 fully saturated rings. The maximum Gasteiger partial charge on any atom is 0.0471 e. The molecule has 1 aromatic carbocycles. The summed E-state index contributed by atoms with van der Waals surface area (Å²) >= 11 is 0. The molecule has 1 aliphatic carbocycles. The molecule has 1 aromatic rings. The molecule has 1 saturated carbocycles. The first kappa shape index (κ1) is 11.2. The summed E-state index contributed by atoms with van der Waals surface area (Å²) in [5.74, 6) is 0.516. The van der Waals surface area contributed by atoms with Crippen molar-refractivity contribution >= 4 is 0 Å². The Balaban J connectivity index is 1.68. The van der Waals surface area contributed by atoms with E-state index in [0.29, 0.717) is 23.4 Å². The van der Waals surface area contributed by atoms with Gasteiger partial charge in [0.1, 0.15) is 0 Å². The standard InChI is InChI=1S/C15H21NO/c1-14-10-16(8-12-6-4-3-5-7-12)11-15(14,2)13(14)9-17/h3-7,13,17H,8-11H2,1-2H3/t13?,14-,15+. The number of likely N-dealkylation sites (tertiary alicyclic amines) is 1. The topological polar surface area (TPSA) is 23.5 Å². The molecule has 3 rings (SSSR count). The van der Waals surface area contributed by atoms with Gasteiger partial charge in [-0.1, -0.05) is 44.2 Å². The van der Waals surface area contributed by atoms with Crippen LogP contribution in [-0.2, 0) is 6.54 Å². The fourth-order valence-electron chi connectivity index (χ4n) is 4.00. The highest BCUT2D eigenvalue weighted by atomic mass is 16.3. The van der Waals surface area contributed by atoms with Crippen molar-refractivity contribution in [1.82, 2.24) is 4.90 Å². The van der Waals surface area contributed by atoms with Crippen LogP contribution in [0.2, 0.25) is 0 Å². The smallest absolute Gasteiger partial charge is 0.0471 e. The van der Waals surface area contributed by atoms with Crippen LogP contribution < -0.4 is 0 Å². The molecule has 0 spiro atoms. The molecule has 1 N–H and O–H groups in total. The second kappa shape index (κ2) is 3.56. The molecule has 2 aliphatic rings. The molecule has 1 unspecified atom stereocenters. The van der Waals surface area contributed by atoms with E-state index in [4.69, 9.17) is 0 Å². The lowest BCUT2D eigenvalue weighted by Crippen LogP contribution is -2.28. The summed E-state index contributed by atoms with van der Waals surface area (Å²) in [6, 6.07) is 10.7. The van der Waals surface area contributed by atoms with Crippen LogP contribution >= 0.6 is 0 Å². The van der Waals surface area contributed by atoms with Crippen LogP contribution in [0.25, 0.3) is 0 Å². The summed E-state index contributed by atoms with van der Waals surface area (Å²) in [4.78, 5) is 2.53. The van der Waals surface area contributed by atoms with Gasteiger partial charge in [-0.2, -0.15) is 0 Å². The summed E-state index contributed by atoms with van der Waals surface area (Å²) in [7, 11) is 0. The zero-order chi connectivity index (χ0) is 12.1. The highest BCUT2D eigenvalue weighted by Crippen LogP contribution is 2.72. The quantitative estimate of drug-likeness (QED) is 0.861. The van der Waals surface area contributed by atoms with Crippen molar-refractivity contribution < 1.29 is 5.11 Å². The molecular weight excluding hydrogens is 210 g/mol. The molecule has 1 saturated heterocycles. The average Bonchev–Trinajstić information content (AvgIpc) is 2.60. The van der Waals surface area contributed by atoms with Crippen molar-refractivity contribution in [1.29, 1.82) is 0 Å². The van der Waals surface area contributed by atoms with Crippen molar-refractivity contribution in [2.24, 2.45) is 16.7 Å². The van der Waals surface area contributed by atoms with Crippen LogP contribution in [0.1, 0.15) is 19.4 Å². The fourth-order valence-corrected chi connectivity index (χ4v) is 4.00. The van der Waals surface area contributed by atoms with E-state index in [1.165, 1.54) is 5.56 Å². The molecule has 3 atom stereocenters. The predicted molar refractivity (Wildman–Crippen MR) is 68.5 cm³/mol. The van der Waals surface area contributed by atoms with Gasteiger partial charge in [0.15, 0.2) is 0 Å². The van der Waals surface area contributed by atoms with Gasteiger partial charge in [0.05, 0.1) is 0 Å². The Labute approximate surface area is 103 Å². The van der Waals surface area contributed by atoms with Crippen molar-refractivity contribution in [2.75, 3.05) is 19.7 Å². The number of fused-ring (bicyclic) bond motifs is 1. The van der Waals surface area contributed by atoms with E-state index in [9.17, 15) is 5.11 Å². The Morgan fingerprint density at radius 2 is 1.76 bits per heavy atom. The van der Waals surface area contributed by atoms with Crippen molar-refractivity contribution in [2.45, 2.75) is 20.4 Å².